The van der Waals surface area contributed by atoms with E-state index in [4.69, 9.17) is 14.2 Å². The number of hydrogen-bond acceptors (Lipinski definition) is 4. The van der Waals surface area contributed by atoms with Crippen molar-refractivity contribution >= 4 is 5.91 Å². The van der Waals surface area contributed by atoms with E-state index in [1.165, 1.54) is 0 Å². The first-order valence-electron chi connectivity index (χ1n) is 10.1. The molecule has 1 N–H and O–H groups in total. The summed E-state index contributed by atoms with van der Waals surface area (Å²) in [6.45, 7) is 4.28. The molecule has 0 aliphatic rings. The number of benzene rings is 3. The van der Waals surface area contributed by atoms with Crippen LogP contribution in [0.2, 0.25) is 0 Å². The molecule has 3 aromatic rings. The van der Waals surface area contributed by atoms with Crippen LogP contribution < -0.4 is 14.8 Å². The van der Waals surface area contributed by atoms with Crippen LogP contribution in [0.3, 0.4) is 0 Å². The minimum absolute atomic E-state index is 0.195. The molecule has 3 rings (SSSR count). The number of hydrogen-bond donors (Lipinski definition) is 1. The minimum Gasteiger partial charge on any atom is -0.490 e. The molecule has 0 unspecified atom stereocenters. The molecule has 0 aromatic heterocycles. The Morgan fingerprint density at radius 2 is 1.50 bits per heavy atom. The molecule has 0 saturated heterocycles. The molecule has 0 bridgehead atoms. The fourth-order valence-corrected chi connectivity index (χ4v) is 2.93. The van der Waals surface area contributed by atoms with Crippen LogP contribution in [-0.2, 0) is 17.9 Å². The summed E-state index contributed by atoms with van der Waals surface area (Å²) >= 11 is 0. The average Bonchev–Trinajstić information content (AvgIpc) is 2.80. The lowest BCUT2D eigenvalue weighted by molar-refractivity contribution is 0.0933. The summed E-state index contributed by atoms with van der Waals surface area (Å²) in [6.07, 6.45) is 0. The van der Waals surface area contributed by atoms with Crippen molar-refractivity contribution in [2.45, 2.75) is 20.1 Å². The third-order valence-electron chi connectivity index (χ3n) is 4.47. The van der Waals surface area contributed by atoms with Gasteiger partial charge in [-0.2, -0.15) is 0 Å². The minimum atomic E-state index is -0.195. The molecule has 5 nitrogen and oxygen atoms in total. The Balaban J connectivity index is 1.60. The monoisotopic (exact) mass is 405 g/mol. The molecule has 0 saturated carbocycles. The second-order valence-electron chi connectivity index (χ2n) is 6.61. The maximum atomic E-state index is 12.8. The number of rotatable bonds is 11. The van der Waals surface area contributed by atoms with Crippen LogP contribution in [0.4, 0.5) is 0 Å². The van der Waals surface area contributed by atoms with Crippen molar-refractivity contribution in [1.82, 2.24) is 5.32 Å². The van der Waals surface area contributed by atoms with Crippen LogP contribution in [0.5, 0.6) is 11.5 Å². The molecule has 0 fully saturated rings. The van der Waals surface area contributed by atoms with Crippen molar-refractivity contribution in [1.29, 1.82) is 0 Å². The highest BCUT2D eigenvalue weighted by Gasteiger charge is 2.13. The first kappa shape index (κ1) is 21.4. The highest BCUT2D eigenvalue weighted by molar-refractivity contribution is 5.96. The van der Waals surface area contributed by atoms with Gasteiger partial charge in [-0.05, 0) is 30.7 Å². The Morgan fingerprint density at radius 1 is 0.800 bits per heavy atom. The standard InChI is InChI=1S/C25H27NO4/c1-2-28-16-17-29-24-15-9-7-13-22(24)25(27)26-18-21-12-6-8-14-23(21)30-19-20-10-4-3-5-11-20/h3-15H,2,16-19H2,1H3,(H,26,27). The number of para-hydroxylation sites is 2. The van der Waals surface area contributed by atoms with E-state index in [2.05, 4.69) is 5.32 Å². The van der Waals surface area contributed by atoms with Crippen LogP contribution in [0, 0.1) is 0 Å². The molecule has 0 radical (unpaired) electrons. The lowest BCUT2D eigenvalue weighted by atomic mass is 10.1. The molecule has 3 aromatic carbocycles. The molecule has 156 valence electrons. The fourth-order valence-electron chi connectivity index (χ4n) is 2.93. The van der Waals surface area contributed by atoms with E-state index in [9.17, 15) is 4.79 Å². The Kier molecular flexibility index (Phi) is 8.30. The van der Waals surface area contributed by atoms with Gasteiger partial charge >= 0.3 is 0 Å². The molecule has 0 atom stereocenters. The van der Waals surface area contributed by atoms with Gasteiger partial charge in [0.25, 0.3) is 5.91 Å². The van der Waals surface area contributed by atoms with E-state index in [-0.39, 0.29) is 5.91 Å². The molecule has 30 heavy (non-hydrogen) atoms. The number of ether oxygens (including phenoxy) is 3. The lowest BCUT2D eigenvalue weighted by Crippen LogP contribution is -2.24. The van der Waals surface area contributed by atoms with E-state index in [1.807, 2.05) is 73.7 Å². The van der Waals surface area contributed by atoms with Crippen LogP contribution in [0.1, 0.15) is 28.4 Å². The zero-order chi connectivity index (χ0) is 21.0. The van der Waals surface area contributed by atoms with Gasteiger partial charge in [0.05, 0.1) is 12.2 Å². The van der Waals surface area contributed by atoms with Crippen molar-refractivity contribution in [3.8, 4) is 11.5 Å². The third-order valence-corrected chi connectivity index (χ3v) is 4.47. The largest absolute Gasteiger partial charge is 0.490 e. The summed E-state index contributed by atoms with van der Waals surface area (Å²) in [5, 5.41) is 2.97. The second-order valence-corrected chi connectivity index (χ2v) is 6.61. The van der Waals surface area contributed by atoms with Gasteiger partial charge in [-0.1, -0.05) is 60.7 Å². The van der Waals surface area contributed by atoms with E-state index >= 15 is 0 Å². The Labute approximate surface area is 177 Å². The van der Waals surface area contributed by atoms with Gasteiger partial charge in [0, 0.05) is 18.7 Å². The molecular weight excluding hydrogens is 378 g/mol. The van der Waals surface area contributed by atoms with Gasteiger partial charge in [-0.15, -0.1) is 0 Å². The molecule has 0 aliphatic carbocycles. The van der Waals surface area contributed by atoms with Gasteiger partial charge in [0.15, 0.2) is 0 Å². The maximum Gasteiger partial charge on any atom is 0.255 e. The maximum absolute atomic E-state index is 12.8. The first-order chi connectivity index (χ1) is 14.8. The van der Waals surface area contributed by atoms with Crippen LogP contribution in [0.15, 0.2) is 78.9 Å². The van der Waals surface area contributed by atoms with E-state index in [0.29, 0.717) is 44.3 Å². The Hall–Kier alpha value is -3.31. The molecule has 0 heterocycles. The smallest absolute Gasteiger partial charge is 0.255 e. The molecule has 1 amide bonds. The van der Waals surface area contributed by atoms with Crippen molar-refractivity contribution in [3.63, 3.8) is 0 Å². The first-order valence-corrected chi connectivity index (χ1v) is 10.1. The average molecular weight is 405 g/mol. The normalized spacial score (nSPS) is 10.4. The van der Waals surface area contributed by atoms with E-state index in [0.717, 1.165) is 16.9 Å². The zero-order valence-electron chi connectivity index (χ0n) is 17.2. The van der Waals surface area contributed by atoms with Gasteiger partial charge in [-0.3, -0.25) is 4.79 Å². The highest BCUT2D eigenvalue weighted by Crippen LogP contribution is 2.21. The number of nitrogens with one attached hydrogen (secondary N) is 1. The number of carbonyl (C=O) groups is 1. The molecule has 0 spiro atoms. The van der Waals surface area contributed by atoms with Gasteiger partial charge < -0.3 is 19.5 Å². The number of carbonyl (C=O) groups excluding carboxylic acids is 1. The topological polar surface area (TPSA) is 56.8 Å². The van der Waals surface area contributed by atoms with Crippen LogP contribution in [0.25, 0.3) is 0 Å². The van der Waals surface area contributed by atoms with Gasteiger partial charge in [0.2, 0.25) is 0 Å². The summed E-state index contributed by atoms with van der Waals surface area (Å²) in [5.41, 5.74) is 2.50. The number of amides is 1. The predicted octanol–water partition coefficient (Wildman–Crippen LogP) is 4.61. The highest BCUT2D eigenvalue weighted by atomic mass is 16.5. The molecular formula is C25H27NO4. The lowest BCUT2D eigenvalue weighted by Gasteiger charge is -2.14. The predicted molar refractivity (Wildman–Crippen MR) is 117 cm³/mol. The summed E-state index contributed by atoms with van der Waals surface area (Å²) in [7, 11) is 0. The quantitative estimate of drug-likeness (QED) is 0.473. The zero-order valence-corrected chi connectivity index (χ0v) is 17.2. The summed E-state index contributed by atoms with van der Waals surface area (Å²) < 4.78 is 17.0. The molecule has 5 heteroatoms. The van der Waals surface area contributed by atoms with Gasteiger partial charge in [0.1, 0.15) is 24.7 Å². The SMILES string of the molecule is CCOCCOc1ccccc1C(=O)NCc1ccccc1OCc1ccccc1. The van der Waals surface area contributed by atoms with E-state index < -0.39 is 0 Å². The molecule has 0 aliphatic heterocycles. The van der Waals surface area contributed by atoms with Crippen molar-refractivity contribution in [3.05, 3.63) is 95.6 Å². The van der Waals surface area contributed by atoms with Crippen molar-refractivity contribution < 1.29 is 19.0 Å². The van der Waals surface area contributed by atoms with Crippen LogP contribution in [-0.4, -0.2) is 25.7 Å². The summed E-state index contributed by atoms with van der Waals surface area (Å²) in [4.78, 5) is 12.8. The Bertz CT molecular complexity index is 927. The fraction of sp³-hybridized carbons (Fsp3) is 0.240. The van der Waals surface area contributed by atoms with Crippen molar-refractivity contribution in [2.24, 2.45) is 0 Å². The van der Waals surface area contributed by atoms with Gasteiger partial charge in [-0.25, -0.2) is 0 Å². The Morgan fingerprint density at radius 3 is 2.30 bits per heavy atom. The van der Waals surface area contributed by atoms with Crippen LogP contribution >= 0.6 is 0 Å². The van der Waals surface area contributed by atoms with E-state index in [1.54, 1.807) is 12.1 Å². The summed E-state index contributed by atoms with van der Waals surface area (Å²) in [6, 6.07) is 24.9. The van der Waals surface area contributed by atoms with Crippen molar-refractivity contribution in [2.75, 3.05) is 19.8 Å². The second kappa shape index (κ2) is 11.6. The summed E-state index contributed by atoms with van der Waals surface area (Å²) in [5.74, 6) is 1.10. The third kappa shape index (κ3) is 6.36.